The minimum atomic E-state index is -1.73. The Morgan fingerprint density at radius 3 is 2.41 bits per heavy atom. The van der Waals surface area contributed by atoms with Crippen molar-refractivity contribution in [2.45, 2.75) is 0 Å². The molecule has 0 spiro atoms. The van der Waals surface area contributed by atoms with Crippen LogP contribution in [0.3, 0.4) is 0 Å². The summed E-state index contributed by atoms with van der Waals surface area (Å²) in [4.78, 5) is 24.3. The Hall–Kier alpha value is -5.06. The average molecular weight is 537 g/mol. The number of aromatic nitrogens is 2. The van der Waals surface area contributed by atoms with E-state index in [4.69, 9.17) is 14.2 Å². The molecule has 8 nitrogen and oxygen atoms in total. The van der Waals surface area contributed by atoms with Gasteiger partial charge in [-0.1, -0.05) is 18.2 Å². The first-order valence-electron chi connectivity index (χ1n) is 11.5. The van der Waals surface area contributed by atoms with Crippen molar-refractivity contribution in [2.24, 2.45) is 0 Å². The Bertz CT molecular complexity index is 1540. The van der Waals surface area contributed by atoms with Crippen LogP contribution in [-0.2, 0) is 14.3 Å². The molecule has 39 heavy (non-hydrogen) atoms. The van der Waals surface area contributed by atoms with Crippen LogP contribution in [0.25, 0.3) is 23.0 Å². The van der Waals surface area contributed by atoms with Gasteiger partial charge in [0.05, 0.1) is 25.6 Å². The molecule has 1 N–H and O–H groups in total. The zero-order valence-electron chi connectivity index (χ0n) is 20.8. The molecule has 0 unspecified atom stereocenters. The molecule has 200 valence electrons. The molecule has 1 heterocycles. The van der Waals surface area contributed by atoms with Gasteiger partial charge in [0.15, 0.2) is 35.6 Å². The van der Waals surface area contributed by atoms with Crippen LogP contribution in [0, 0.1) is 17.5 Å². The highest BCUT2D eigenvalue weighted by atomic mass is 19.2. The molecule has 1 aromatic heterocycles. The fraction of sp³-hybridized carbons (Fsp3) is 0.107. The number of carbonyl (C=O) groups excluding carboxylic acids is 2. The molecule has 0 fully saturated rings. The summed E-state index contributed by atoms with van der Waals surface area (Å²) in [5.41, 5.74) is 1.95. The van der Waals surface area contributed by atoms with Crippen LogP contribution in [0.4, 0.5) is 18.9 Å². The Morgan fingerprint density at radius 1 is 0.949 bits per heavy atom. The van der Waals surface area contributed by atoms with Crippen LogP contribution >= 0.6 is 0 Å². The topological polar surface area (TPSA) is 91.7 Å². The lowest BCUT2D eigenvalue weighted by atomic mass is 10.1. The van der Waals surface area contributed by atoms with Crippen molar-refractivity contribution in [2.75, 3.05) is 26.1 Å². The van der Waals surface area contributed by atoms with Crippen molar-refractivity contribution in [3.05, 3.63) is 96.0 Å². The molecule has 0 atom stereocenters. The predicted octanol–water partition coefficient (Wildman–Crippen LogP) is 5.17. The van der Waals surface area contributed by atoms with Gasteiger partial charge < -0.3 is 19.5 Å². The number of amides is 1. The third-order valence-electron chi connectivity index (χ3n) is 5.47. The van der Waals surface area contributed by atoms with Crippen LogP contribution in [0.2, 0.25) is 0 Å². The summed E-state index contributed by atoms with van der Waals surface area (Å²) in [6.45, 7) is -0.784. The number of nitrogens with zero attached hydrogens (tertiary/aromatic N) is 2. The molecule has 4 rings (SSSR count). The number of methoxy groups -OCH3 is 2. The van der Waals surface area contributed by atoms with E-state index in [1.165, 1.54) is 20.3 Å². The smallest absolute Gasteiger partial charge is 0.331 e. The number of esters is 1. The molecule has 0 radical (unpaired) electrons. The van der Waals surface area contributed by atoms with Gasteiger partial charge in [-0.05, 0) is 48.5 Å². The van der Waals surface area contributed by atoms with Crippen molar-refractivity contribution >= 4 is 23.6 Å². The zero-order chi connectivity index (χ0) is 27.9. The molecule has 0 aliphatic rings. The summed E-state index contributed by atoms with van der Waals surface area (Å²) < 4.78 is 57.4. The molecule has 0 aliphatic heterocycles. The summed E-state index contributed by atoms with van der Waals surface area (Å²) in [6.07, 6.45) is 4.28. The van der Waals surface area contributed by atoms with Crippen LogP contribution in [0.1, 0.15) is 5.56 Å². The number of rotatable bonds is 9. The zero-order valence-corrected chi connectivity index (χ0v) is 20.8. The van der Waals surface area contributed by atoms with E-state index < -0.39 is 41.6 Å². The van der Waals surface area contributed by atoms with E-state index in [2.05, 4.69) is 5.10 Å². The van der Waals surface area contributed by atoms with Crippen molar-refractivity contribution in [3.63, 3.8) is 0 Å². The first kappa shape index (κ1) is 27.0. The average Bonchev–Trinajstić information content (AvgIpc) is 3.39. The van der Waals surface area contributed by atoms with E-state index in [0.717, 1.165) is 17.8 Å². The van der Waals surface area contributed by atoms with Gasteiger partial charge in [0.25, 0.3) is 5.91 Å². The molecule has 1 amide bonds. The first-order valence-corrected chi connectivity index (χ1v) is 11.5. The second kappa shape index (κ2) is 12.0. The summed E-state index contributed by atoms with van der Waals surface area (Å²) in [5, 5.41) is 6.68. The number of benzene rings is 3. The van der Waals surface area contributed by atoms with Gasteiger partial charge in [0.2, 0.25) is 0 Å². The van der Waals surface area contributed by atoms with Crippen molar-refractivity contribution in [3.8, 4) is 28.4 Å². The number of hydrogen-bond donors (Lipinski definition) is 1. The third kappa shape index (κ3) is 6.27. The maximum atomic E-state index is 13.8. The standard InChI is InChI=1S/C28H22F3N3O5/c1-37-22-12-8-17(14-23(22)38-2)28-18(15-34(33-28)19-6-4-3-5-7-19)9-13-25(36)39-16-24(35)32-21-11-10-20(29)26(30)27(21)31/h3-15H,16H2,1-2H3,(H,32,35). The normalized spacial score (nSPS) is 10.9. The van der Waals surface area contributed by atoms with E-state index in [9.17, 15) is 22.8 Å². The van der Waals surface area contributed by atoms with Crippen molar-refractivity contribution < 1.29 is 37.0 Å². The van der Waals surface area contributed by atoms with Crippen molar-refractivity contribution in [1.29, 1.82) is 0 Å². The van der Waals surface area contributed by atoms with E-state index in [0.29, 0.717) is 34.4 Å². The summed E-state index contributed by atoms with van der Waals surface area (Å²) in [5.74, 6) is -5.48. The maximum Gasteiger partial charge on any atom is 0.331 e. The predicted molar refractivity (Wildman–Crippen MR) is 137 cm³/mol. The lowest BCUT2D eigenvalue weighted by molar-refractivity contribution is -0.142. The van der Waals surface area contributed by atoms with E-state index in [1.807, 2.05) is 35.6 Å². The molecule has 0 bridgehead atoms. The summed E-state index contributed by atoms with van der Waals surface area (Å²) in [6, 6.07) is 16.1. The van der Waals surface area contributed by atoms with Crippen LogP contribution in [-0.4, -0.2) is 42.5 Å². The Labute approximate surface area is 221 Å². The van der Waals surface area contributed by atoms with Gasteiger partial charge in [-0.25, -0.2) is 22.6 Å². The number of carbonyl (C=O) groups is 2. The van der Waals surface area contributed by atoms with Gasteiger partial charge >= 0.3 is 5.97 Å². The van der Waals surface area contributed by atoms with Gasteiger partial charge in [0, 0.05) is 23.4 Å². The van der Waals surface area contributed by atoms with Crippen LogP contribution in [0.15, 0.2) is 72.9 Å². The Kier molecular flexibility index (Phi) is 8.30. The molecule has 11 heteroatoms. The molecule has 0 saturated carbocycles. The largest absolute Gasteiger partial charge is 0.493 e. The summed E-state index contributed by atoms with van der Waals surface area (Å²) >= 11 is 0. The number of nitrogens with one attached hydrogen (secondary N) is 1. The van der Waals surface area contributed by atoms with Crippen LogP contribution < -0.4 is 14.8 Å². The first-order chi connectivity index (χ1) is 18.8. The van der Waals surface area contributed by atoms with Gasteiger partial charge in [-0.3, -0.25) is 4.79 Å². The molecular weight excluding hydrogens is 515 g/mol. The lowest BCUT2D eigenvalue weighted by Crippen LogP contribution is -2.21. The molecule has 3 aromatic carbocycles. The summed E-state index contributed by atoms with van der Waals surface area (Å²) in [7, 11) is 3.04. The van der Waals surface area contributed by atoms with Gasteiger partial charge in [0.1, 0.15) is 5.69 Å². The van der Waals surface area contributed by atoms with Gasteiger partial charge in [-0.2, -0.15) is 5.10 Å². The third-order valence-corrected chi connectivity index (χ3v) is 5.47. The molecule has 0 saturated heterocycles. The lowest BCUT2D eigenvalue weighted by Gasteiger charge is -2.09. The van der Waals surface area contributed by atoms with Gasteiger partial charge in [-0.15, -0.1) is 0 Å². The number of hydrogen-bond acceptors (Lipinski definition) is 6. The minimum absolute atomic E-state index is 0.488. The number of para-hydroxylation sites is 1. The highest BCUT2D eigenvalue weighted by Gasteiger charge is 2.17. The molecular formula is C28H22F3N3O5. The molecule has 0 aliphatic carbocycles. The molecule has 4 aromatic rings. The van der Waals surface area contributed by atoms with E-state index >= 15 is 0 Å². The van der Waals surface area contributed by atoms with Crippen LogP contribution in [0.5, 0.6) is 11.5 Å². The second-order valence-electron chi connectivity index (χ2n) is 8.00. The SMILES string of the molecule is COc1ccc(-c2nn(-c3ccccc3)cc2C=CC(=O)OCC(=O)Nc2ccc(F)c(F)c2F)cc1OC. The van der Waals surface area contributed by atoms with E-state index in [1.54, 1.807) is 29.1 Å². The maximum absolute atomic E-state index is 13.8. The number of anilines is 1. The fourth-order valence-corrected chi connectivity index (χ4v) is 3.58. The highest BCUT2D eigenvalue weighted by molar-refractivity contribution is 5.95. The van der Waals surface area contributed by atoms with Crippen molar-refractivity contribution in [1.82, 2.24) is 9.78 Å². The Balaban J connectivity index is 1.52. The number of halogens is 3. The number of ether oxygens (including phenoxy) is 3. The fourth-order valence-electron chi connectivity index (χ4n) is 3.58. The highest BCUT2D eigenvalue weighted by Crippen LogP contribution is 2.33. The minimum Gasteiger partial charge on any atom is -0.493 e. The van der Waals surface area contributed by atoms with E-state index in [-0.39, 0.29) is 0 Å². The second-order valence-corrected chi connectivity index (χ2v) is 8.00. The quantitative estimate of drug-likeness (QED) is 0.180. The monoisotopic (exact) mass is 537 g/mol. The Morgan fingerprint density at radius 2 is 1.69 bits per heavy atom.